The number of halogens is 1. The average Bonchev–Trinajstić information content (AvgIpc) is 2.62. The van der Waals surface area contributed by atoms with Crippen LogP contribution in [0.5, 0.6) is 5.75 Å². The molecule has 5 nitrogen and oxygen atoms in total. The second-order valence-corrected chi connectivity index (χ2v) is 7.47. The van der Waals surface area contributed by atoms with Crippen molar-refractivity contribution < 1.29 is 18.7 Å². The number of unbranched alkanes of at least 4 members (excludes halogenated alkanes) is 6. The lowest BCUT2D eigenvalue weighted by Crippen LogP contribution is -2.29. The Labute approximate surface area is 160 Å². The van der Waals surface area contributed by atoms with E-state index in [0.717, 1.165) is 17.1 Å². The lowest BCUT2D eigenvalue weighted by Gasteiger charge is -2.19. The van der Waals surface area contributed by atoms with Gasteiger partial charge in [-0.25, -0.2) is 18.2 Å². The highest BCUT2D eigenvalue weighted by Gasteiger charge is 2.17. The van der Waals surface area contributed by atoms with Gasteiger partial charge >= 0.3 is 12.3 Å². The van der Waals surface area contributed by atoms with Gasteiger partial charge in [-0.15, -0.1) is 4.39 Å². The molecule has 2 amide bonds. The highest BCUT2D eigenvalue weighted by Crippen LogP contribution is 2.19. The molecule has 146 valence electrons. The van der Waals surface area contributed by atoms with E-state index in [-0.39, 0.29) is 0 Å². The zero-order valence-electron chi connectivity index (χ0n) is 15.9. The van der Waals surface area contributed by atoms with Crippen molar-refractivity contribution in [2.45, 2.75) is 58.3 Å². The lowest BCUT2D eigenvalue weighted by atomic mass is 10.0. The monoisotopic (exact) mass is 384 g/mol. The maximum atomic E-state index is 12.5. The topological polar surface area (TPSA) is 49.9 Å². The zero-order valence-corrected chi connectivity index (χ0v) is 16.7. The molecular weight excluding hydrogens is 355 g/mol. The third kappa shape index (κ3) is 9.08. The van der Waals surface area contributed by atoms with E-state index in [1.165, 1.54) is 58.2 Å². The van der Waals surface area contributed by atoms with Crippen LogP contribution in [-0.4, -0.2) is 35.0 Å². The number of amides is 2. The molecular formula is C19H29FN2O3S. The Bertz CT molecular complexity index is 554. The summed E-state index contributed by atoms with van der Waals surface area (Å²) in [4.78, 5) is 22.4. The molecule has 0 aliphatic carbocycles. The van der Waals surface area contributed by atoms with Gasteiger partial charge in [0.2, 0.25) is 0 Å². The Balaban J connectivity index is 2.31. The van der Waals surface area contributed by atoms with Crippen molar-refractivity contribution in [2.24, 2.45) is 0 Å². The van der Waals surface area contributed by atoms with Crippen molar-refractivity contribution in [1.29, 1.82) is 0 Å². The Kier molecular flexibility index (Phi) is 10.8. The van der Waals surface area contributed by atoms with E-state index in [1.54, 1.807) is 12.1 Å². The van der Waals surface area contributed by atoms with Gasteiger partial charge in [0.15, 0.2) is 0 Å². The Hall–Kier alpha value is -1.76. The Morgan fingerprint density at radius 1 is 0.962 bits per heavy atom. The zero-order chi connectivity index (χ0) is 19.4. The SMILES string of the molecule is CCCCCCCCCc1ccc(OC(=O)N(C)SN(C)C(=O)F)cc1. The quantitative estimate of drug-likeness (QED) is 0.203. The summed E-state index contributed by atoms with van der Waals surface area (Å²) in [7, 11) is 2.64. The molecule has 1 aromatic carbocycles. The number of ether oxygens (including phenoxy) is 1. The molecule has 26 heavy (non-hydrogen) atoms. The first-order valence-corrected chi connectivity index (χ1v) is 9.82. The molecule has 1 rings (SSSR count). The molecule has 0 aromatic heterocycles. The third-order valence-corrected chi connectivity index (χ3v) is 4.73. The van der Waals surface area contributed by atoms with Crippen LogP contribution in [0.3, 0.4) is 0 Å². The van der Waals surface area contributed by atoms with Crippen molar-refractivity contribution in [3.05, 3.63) is 29.8 Å². The van der Waals surface area contributed by atoms with Gasteiger partial charge in [0, 0.05) is 14.1 Å². The molecule has 0 saturated heterocycles. The summed E-state index contributed by atoms with van der Waals surface area (Å²) in [5.41, 5.74) is 1.21. The van der Waals surface area contributed by atoms with Gasteiger partial charge < -0.3 is 4.74 Å². The van der Waals surface area contributed by atoms with E-state index in [1.807, 2.05) is 12.1 Å². The number of hydrogen-bond acceptors (Lipinski definition) is 4. The molecule has 0 atom stereocenters. The number of rotatable bonds is 11. The molecule has 0 fully saturated rings. The van der Waals surface area contributed by atoms with Crippen LogP contribution in [0.25, 0.3) is 0 Å². The highest BCUT2D eigenvalue weighted by atomic mass is 32.2. The second kappa shape index (κ2) is 12.6. The fourth-order valence-electron chi connectivity index (χ4n) is 2.42. The third-order valence-electron chi connectivity index (χ3n) is 3.95. The molecule has 1 aromatic rings. The Morgan fingerprint density at radius 3 is 2.12 bits per heavy atom. The minimum Gasteiger partial charge on any atom is -0.410 e. The van der Waals surface area contributed by atoms with Crippen LogP contribution >= 0.6 is 12.1 Å². The van der Waals surface area contributed by atoms with Crippen LogP contribution in [0, 0.1) is 0 Å². The minimum atomic E-state index is -1.63. The van der Waals surface area contributed by atoms with E-state index < -0.39 is 12.3 Å². The van der Waals surface area contributed by atoms with E-state index in [2.05, 4.69) is 6.92 Å². The minimum absolute atomic E-state index is 0.417. The molecule has 0 heterocycles. The van der Waals surface area contributed by atoms with Gasteiger partial charge in [-0.3, -0.25) is 0 Å². The lowest BCUT2D eigenvalue weighted by molar-refractivity contribution is 0.186. The summed E-state index contributed by atoms with van der Waals surface area (Å²) in [6.45, 7) is 2.22. The number of benzene rings is 1. The number of carbonyl (C=O) groups excluding carboxylic acids is 2. The molecule has 0 bridgehead atoms. The summed E-state index contributed by atoms with van der Waals surface area (Å²) in [5, 5.41) is 0. The molecule has 0 unspecified atom stereocenters. The van der Waals surface area contributed by atoms with Gasteiger partial charge in [-0.1, -0.05) is 57.6 Å². The van der Waals surface area contributed by atoms with E-state index >= 15 is 0 Å². The number of hydrogen-bond donors (Lipinski definition) is 0. The van der Waals surface area contributed by atoms with E-state index in [4.69, 9.17) is 4.74 Å². The van der Waals surface area contributed by atoms with Gasteiger partial charge in [0.1, 0.15) is 5.75 Å². The normalized spacial score (nSPS) is 10.5. The maximum absolute atomic E-state index is 12.5. The van der Waals surface area contributed by atoms with Gasteiger partial charge in [0.05, 0.1) is 12.1 Å². The fraction of sp³-hybridized carbons (Fsp3) is 0.579. The van der Waals surface area contributed by atoms with Crippen LogP contribution in [-0.2, 0) is 6.42 Å². The first kappa shape index (κ1) is 22.3. The molecule has 0 N–H and O–H groups in total. The van der Waals surface area contributed by atoms with Crippen molar-refractivity contribution in [3.63, 3.8) is 0 Å². The van der Waals surface area contributed by atoms with Crippen LogP contribution in [0.2, 0.25) is 0 Å². The second-order valence-electron chi connectivity index (χ2n) is 6.21. The number of aryl methyl sites for hydroxylation is 1. The molecule has 0 aliphatic rings. The van der Waals surface area contributed by atoms with Crippen molar-refractivity contribution in [1.82, 2.24) is 8.61 Å². The summed E-state index contributed by atoms with van der Waals surface area (Å²) >= 11 is 0.626. The summed E-state index contributed by atoms with van der Waals surface area (Å²) in [5.74, 6) is 0.417. The van der Waals surface area contributed by atoms with Crippen molar-refractivity contribution in [3.8, 4) is 5.75 Å². The van der Waals surface area contributed by atoms with E-state index in [9.17, 15) is 14.0 Å². The smallest absolute Gasteiger partial charge is 0.410 e. The maximum Gasteiger partial charge on any atom is 0.426 e. The predicted molar refractivity (Wildman–Crippen MR) is 104 cm³/mol. The molecule has 7 heteroatoms. The largest absolute Gasteiger partial charge is 0.426 e. The summed E-state index contributed by atoms with van der Waals surface area (Å²) in [6.07, 6.45) is 7.64. The van der Waals surface area contributed by atoms with Crippen molar-refractivity contribution in [2.75, 3.05) is 14.1 Å². The average molecular weight is 385 g/mol. The Morgan fingerprint density at radius 2 is 1.54 bits per heavy atom. The van der Waals surface area contributed by atoms with Crippen LogP contribution in [0.4, 0.5) is 14.0 Å². The summed E-state index contributed by atoms with van der Waals surface area (Å²) < 4.78 is 19.4. The molecule has 0 aliphatic heterocycles. The first-order chi connectivity index (χ1) is 12.4. The van der Waals surface area contributed by atoms with Gasteiger partial charge in [0.25, 0.3) is 0 Å². The number of carbonyl (C=O) groups is 2. The van der Waals surface area contributed by atoms with Crippen LogP contribution in [0.15, 0.2) is 24.3 Å². The summed E-state index contributed by atoms with van der Waals surface area (Å²) in [6, 6.07) is 7.39. The van der Waals surface area contributed by atoms with Crippen molar-refractivity contribution >= 4 is 24.4 Å². The van der Waals surface area contributed by atoms with Gasteiger partial charge in [-0.05, 0) is 30.5 Å². The predicted octanol–water partition coefficient (Wildman–Crippen LogP) is 5.99. The number of nitrogens with zero attached hydrogens (tertiary/aromatic N) is 2. The highest BCUT2D eigenvalue weighted by molar-refractivity contribution is 7.95. The molecule has 0 saturated carbocycles. The standard InChI is InChI=1S/C19H29FN2O3S/c1-4-5-6-7-8-9-10-11-16-12-14-17(15-13-16)25-19(24)22(3)26-21(2)18(20)23/h12-15H,4-11H2,1-3H3. The molecule has 0 spiro atoms. The van der Waals surface area contributed by atoms with E-state index in [0.29, 0.717) is 22.2 Å². The van der Waals surface area contributed by atoms with Gasteiger partial charge in [-0.2, -0.15) is 0 Å². The fourth-order valence-corrected chi connectivity index (χ4v) is 2.96. The van der Waals surface area contributed by atoms with Crippen LogP contribution < -0.4 is 4.74 Å². The molecule has 0 radical (unpaired) electrons. The first-order valence-electron chi connectivity index (χ1n) is 9.09. The van der Waals surface area contributed by atoms with Crippen LogP contribution in [0.1, 0.15) is 57.4 Å².